The lowest BCUT2D eigenvalue weighted by molar-refractivity contribution is -0.119. The predicted molar refractivity (Wildman–Crippen MR) is 91.2 cm³/mol. The number of fused-ring (bicyclic) bond motifs is 1. The zero-order chi connectivity index (χ0) is 15.7. The van der Waals surface area contributed by atoms with Gasteiger partial charge in [-0.1, -0.05) is 59.6 Å². The molecule has 0 bridgehead atoms. The molecule has 22 heavy (non-hydrogen) atoms. The number of carbonyl (C=O) groups excluding carboxylic acids is 1. The van der Waals surface area contributed by atoms with Gasteiger partial charge in [-0.3, -0.25) is 4.79 Å². The maximum absolute atomic E-state index is 11.4. The minimum Gasteiger partial charge on any atom is -0.349 e. The molecule has 0 aliphatic heterocycles. The Hall–Kier alpha value is -1.77. The normalized spacial score (nSPS) is 16.7. The van der Waals surface area contributed by atoms with E-state index in [1.165, 1.54) is 0 Å². The number of rotatable bonds is 2. The van der Waals surface area contributed by atoms with E-state index in [1.54, 1.807) is 6.92 Å². The monoisotopic (exact) mass is 331 g/mol. The molecule has 0 fully saturated rings. The highest BCUT2D eigenvalue weighted by Gasteiger charge is 2.22. The van der Waals surface area contributed by atoms with Gasteiger partial charge in [0.1, 0.15) is 0 Å². The SMILES string of the molecule is CC(=O)N[C@@H]1CC=C(c2ccc(Cl)c(Cl)c2)c2ccccc21. The van der Waals surface area contributed by atoms with Crippen molar-refractivity contribution in [2.75, 3.05) is 0 Å². The summed E-state index contributed by atoms with van der Waals surface area (Å²) in [6, 6.07) is 13.8. The van der Waals surface area contributed by atoms with Crippen LogP contribution in [-0.4, -0.2) is 5.91 Å². The molecule has 4 heteroatoms. The second-order valence-electron chi connectivity index (χ2n) is 5.32. The van der Waals surface area contributed by atoms with Gasteiger partial charge in [-0.2, -0.15) is 0 Å². The highest BCUT2D eigenvalue weighted by Crippen LogP contribution is 2.38. The Morgan fingerprint density at radius 1 is 1.14 bits per heavy atom. The van der Waals surface area contributed by atoms with Gasteiger partial charge in [-0.15, -0.1) is 0 Å². The molecular formula is C18H15Cl2NO. The summed E-state index contributed by atoms with van der Waals surface area (Å²) < 4.78 is 0. The van der Waals surface area contributed by atoms with Gasteiger partial charge in [0.05, 0.1) is 16.1 Å². The van der Waals surface area contributed by atoms with E-state index in [-0.39, 0.29) is 11.9 Å². The molecule has 0 radical (unpaired) electrons. The van der Waals surface area contributed by atoms with Crippen LogP contribution in [0, 0.1) is 0 Å². The summed E-state index contributed by atoms with van der Waals surface area (Å²) in [6.45, 7) is 1.54. The molecule has 0 unspecified atom stereocenters. The van der Waals surface area contributed by atoms with E-state index < -0.39 is 0 Å². The maximum atomic E-state index is 11.4. The molecule has 2 nitrogen and oxygen atoms in total. The number of amides is 1. The van der Waals surface area contributed by atoms with E-state index in [4.69, 9.17) is 23.2 Å². The van der Waals surface area contributed by atoms with E-state index in [0.717, 1.165) is 28.7 Å². The zero-order valence-electron chi connectivity index (χ0n) is 12.1. The lowest BCUT2D eigenvalue weighted by atomic mass is 9.84. The van der Waals surface area contributed by atoms with Crippen molar-refractivity contribution in [2.24, 2.45) is 0 Å². The zero-order valence-corrected chi connectivity index (χ0v) is 13.6. The first-order valence-corrected chi connectivity index (χ1v) is 7.84. The van der Waals surface area contributed by atoms with Gasteiger partial charge < -0.3 is 5.32 Å². The summed E-state index contributed by atoms with van der Waals surface area (Å²) >= 11 is 12.1. The summed E-state index contributed by atoms with van der Waals surface area (Å²) in [5.74, 6) is -0.0220. The topological polar surface area (TPSA) is 29.1 Å². The standard InChI is InChI=1S/C18H15Cl2NO/c1-11(22)21-18-9-7-13(14-4-2-3-5-15(14)18)12-6-8-16(19)17(20)10-12/h2-8,10,18H,9H2,1H3,(H,21,22)/t18-/m1/s1. The fourth-order valence-electron chi connectivity index (χ4n) is 2.84. The number of halogens is 2. The second-order valence-corrected chi connectivity index (χ2v) is 6.14. The smallest absolute Gasteiger partial charge is 0.217 e. The van der Waals surface area contributed by atoms with Crippen LogP contribution in [0.4, 0.5) is 0 Å². The molecule has 0 saturated carbocycles. The molecule has 1 aliphatic carbocycles. The highest BCUT2D eigenvalue weighted by atomic mass is 35.5. The first-order chi connectivity index (χ1) is 10.6. The quantitative estimate of drug-likeness (QED) is 0.823. The first-order valence-electron chi connectivity index (χ1n) is 7.08. The Kier molecular flexibility index (Phi) is 4.23. The fraction of sp³-hybridized carbons (Fsp3) is 0.167. The Labute approximate surface area is 139 Å². The predicted octanol–water partition coefficient (Wildman–Crippen LogP) is 5.01. The van der Waals surface area contributed by atoms with Gasteiger partial charge in [0.25, 0.3) is 0 Å². The average Bonchev–Trinajstić information content (AvgIpc) is 2.50. The maximum Gasteiger partial charge on any atom is 0.217 e. The van der Waals surface area contributed by atoms with E-state index >= 15 is 0 Å². The molecule has 112 valence electrons. The molecule has 1 N–H and O–H groups in total. The lowest BCUT2D eigenvalue weighted by Crippen LogP contribution is -2.27. The number of hydrogen-bond donors (Lipinski definition) is 1. The number of nitrogens with one attached hydrogen (secondary N) is 1. The van der Waals surface area contributed by atoms with Crippen LogP contribution in [0.15, 0.2) is 48.5 Å². The summed E-state index contributed by atoms with van der Waals surface area (Å²) in [5.41, 5.74) is 4.39. The second kappa shape index (κ2) is 6.15. The van der Waals surface area contributed by atoms with Crippen LogP contribution in [0.5, 0.6) is 0 Å². The molecule has 3 rings (SSSR count). The highest BCUT2D eigenvalue weighted by molar-refractivity contribution is 6.42. The van der Waals surface area contributed by atoms with Gasteiger partial charge in [-0.25, -0.2) is 0 Å². The van der Waals surface area contributed by atoms with Crippen molar-refractivity contribution in [3.63, 3.8) is 0 Å². The Balaban J connectivity index is 2.05. The van der Waals surface area contributed by atoms with E-state index in [0.29, 0.717) is 10.0 Å². The van der Waals surface area contributed by atoms with Crippen molar-refractivity contribution >= 4 is 34.7 Å². The molecule has 1 atom stereocenters. The van der Waals surface area contributed by atoms with E-state index in [2.05, 4.69) is 23.5 Å². The number of benzene rings is 2. The minimum atomic E-state index is -0.0220. The molecule has 2 aromatic rings. The van der Waals surface area contributed by atoms with Crippen molar-refractivity contribution in [3.8, 4) is 0 Å². The minimum absolute atomic E-state index is 0.0141. The van der Waals surface area contributed by atoms with Crippen LogP contribution in [0.25, 0.3) is 5.57 Å². The third kappa shape index (κ3) is 2.90. The summed E-state index contributed by atoms with van der Waals surface area (Å²) in [4.78, 5) is 11.4. The molecule has 0 aromatic heterocycles. The third-order valence-electron chi connectivity index (χ3n) is 3.79. The van der Waals surface area contributed by atoms with Crippen LogP contribution in [0.2, 0.25) is 10.0 Å². The van der Waals surface area contributed by atoms with Crippen LogP contribution in [0.3, 0.4) is 0 Å². The summed E-state index contributed by atoms with van der Waals surface area (Å²) in [7, 11) is 0. The molecule has 1 amide bonds. The van der Waals surface area contributed by atoms with Crippen LogP contribution >= 0.6 is 23.2 Å². The Morgan fingerprint density at radius 3 is 2.64 bits per heavy atom. The Bertz CT molecular complexity index is 767. The first kappa shape index (κ1) is 15.1. The fourth-order valence-corrected chi connectivity index (χ4v) is 3.14. The van der Waals surface area contributed by atoms with Crippen molar-refractivity contribution < 1.29 is 4.79 Å². The van der Waals surface area contributed by atoms with Gasteiger partial charge in [0.2, 0.25) is 5.91 Å². The third-order valence-corrected chi connectivity index (χ3v) is 4.53. The molecule has 0 spiro atoms. The van der Waals surface area contributed by atoms with E-state index in [9.17, 15) is 4.79 Å². The molecule has 1 aliphatic rings. The molecule has 2 aromatic carbocycles. The number of hydrogen-bond acceptors (Lipinski definition) is 1. The van der Waals surface area contributed by atoms with Crippen molar-refractivity contribution in [1.82, 2.24) is 5.32 Å². The number of carbonyl (C=O) groups is 1. The molecular weight excluding hydrogens is 317 g/mol. The van der Waals surface area contributed by atoms with Gasteiger partial charge >= 0.3 is 0 Å². The van der Waals surface area contributed by atoms with Crippen LogP contribution < -0.4 is 5.32 Å². The van der Waals surface area contributed by atoms with Gasteiger partial charge in [0, 0.05) is 6.92 Å². The van der Waals surface area contributed by atoms with Crippen LogP contribution in [0.1, 0.15) is 36.1 Å². The van der Waals surface area contributed by atoms with Crippen molar-refractivity contribution in [2.45, 2.75) is 19.4 Å². The summed E-state index contributed by atoms with van der Waals surface area (Å²) in [6.07, 6.45) is 2.90. The summed E-state index contributed by atoms with van der Waals surface area (Å²) in [5, 5.41) is 4.09. The molecule has 0 heterocycles. The van der Waals surface area contributed by atoms with Crippen molar-refractivity contribution in [1.29, 1.82) is 0 Å². The van der Waals surface area contributed by atoms with Crippen LogP contribution in [-0.2, 0) is 4.79 Å². The Morgan fingerprint density at radius 2 is 1.91 bits per heavy atom. The lowest BCUT2D eigenvalue weighted by Gasteiger charge is -2.26. The largest absolute Gasteiger partial charge is 0.349 e. The van der Waals surface area contributed by atoms with Gasteiger partial charge in [-0.05, 0) is 40.8 Å². The average molecular weight is 332 g/mol. The van der Waals surface area contributed by atoms with E-state index in [1.807, 2.05) is 30.3 Å². The molecule has 0 saturated heterocycles. The van der Waals surface area contributed by atoms with Gasteiger partial charge in [0.15, 0.2) is 0 Å². The van der Waals surface area contributed by atoms with Crippen molar-refractivity contribution in [3.05, 3.63) is 75.3 Å².